The van der Waals surface area contributed by atoms with Gasteiger partial charge >= 0.3 is 0 Å². The molecule has 0 unspecified atom stereocenters. The van der Waals surface area contributed by atoms with Crippen molar-refractivity contribution in [2.24, 2.45) is 0 Å². The van der Waals surface area contributed by atoms with Gasteiger partial charge in [-0.15, -0.1) is 0 Å². The van der Waals surface area contributed by atoms with E-state index in [1.54, 1.807) is 0 Å². The van der Waals surface area contributed by atoms with E-state index in [9.17, 15) is 8.42 Å². The first kappa shape index (κ1) is 12.9. The number of nitrogens with zero attached hydrogens (tertiary/aromatic N) is 1. The highest BCUT2D eigenvalue weighted by Gasteiger charge is 2.31. The van der Waals surface area contributed by atoms with Crippen LogP contribution >= 0.6 is 0 Å². The van der Waals surface area contributed by atoms with Gasteiger partial charge < -0.3 is 4.74 Å². The fourth-order valence-corrected chi connectivity index (χ4v) is 4.06. The van der Waals surface area contributed by atoms with E-state index in [1.165, 1.54) is 4.31 Å². The quantitative estimate of drug-likeness (QED) is 0.912. The monoisotopic (exact) mass is 282 g/mol. The fraction of sp³-hybridized carbons (Fsp3) is 0.538. The van der Waals surface area contributed by atoms with Crippen molar-refractivity contribution >= 4 is 10.2 Å². The summed E-state index contributed by atoms with van der Waals surface area (Å²) in [4.78, 5) is 0. The number of nitrogens with one attached hydrogen (secondary N) is 1. The van der Waals surface area contributed by atoms with E-state index in [0.717, 1.165) is 30.6 Å². The van der Waals surface area contributed by atoms with Gasteiger partial charge in [-0.05, 0) is 18.9 Å². The molecule has 2 heterocycles. The Morgan fingerprint density at radius 3 is 2.68 bits per heavy atom. The lowest BCUT2D eigenvalue weighted by atomic mass is 10.1. The largest absolute Gasteiger partial charge is 0.491 e. The van der Waals surface area contributed by atoms with Gasteiger partial charge in [-0.1, -0.05) is 24.6 Å². The summed E-state index contributed by atoms with van der Waals surface area (Å²) in [6.45, 7) is 1.60. The zero-order valence-corrected chi connectivity index (χ0v) is 11.5. The minimum atomic E-state index is -3.41. The van der Waals surface area contributed by atoms with Crippen molar-refractivity contribution in [3.8, 4) is 5.75 Å². The first-order valence-corrected chi connectivity index (χ1v) is 8.10. The molecule has 2 aliphatic heterocycles. The molecule has 0 aromatic heterocycles. The van der Waals surface area contributed by atoms with Gasteiger partial charge in [0.2, 0.25) is 0 Å². The zero-order chi connectivity index (χ0) is 13.3. The van der Waals surface area contributed by atoms with Gasteiger partial charge in [0, 0.05) is 18.7 Å². The van der Waals surface area contributed by atoms with Crippen molar-refractivity contribution in [1.29, 1.82) is 0 Å². The van der Waals surface area contributed by atoms with Gasteiger partial charge in [0.15, 0.2) is 0 Å². The average Bonchev–Trinajstić information content (AvgIpc) is 2.83. The molecule has 5 nitrogen and oxygen atoms in total. The lowest BCUT2D eigenvalue weighted by Gasteiger charge is -2.27. The smallest absolute Gasteiger partial charge is 0.280 e. The topological polar surface area (TPSA) is 58.6 Å². The van der Waals surface area contributed by atoms with Gasteiger partial charge in [0.05, 0.1) is 6.04 Å². The Labute approximate surface area is 113 Å². The maximum atomic E-state index is 12.3. The lowest BCUT2D eigenvalue weighted by Crippen LogP contribution is -2.45. The van der Waals surface area contributed by atoms with Crippen molar-refractivity contribution in [3.63, 3.8) is 0 Å². The van der Waals surface area contributed by atoms with Crippen LogP contribution in [0.3, 0.4) is 0 Å². The number of hydrogen-bond acceptors (Lipinski definition) is 3. The standard InChI is InChI=1S/C13H18N2O3S/c16-19(17,15-8-4-1-5-9-15)14-12-10-18-13-7-3-2-6-11(12)13/h2-3,6-7,12,14H,1,4-5,8-10H2/t12-/m0/s1. The second kappa shape index (κ2) is 5.11. The van der Waals surface area contributed by atoms with Crippen molar-refractivity contribution < 1.29 is 13.2 Å². The predicted octanol–water partition coefficient (Wildman–Crippen LogP) is 1.44. The Morgan fingerprint density at radius 2 is 1.89 bits per heavy atom. The second-order valence-corrected chi connectivity index (χ2v) is 6.69. The number of ether oxygens (including phenoxy) is 1. The molecule has 0 radical (unpaired) electrons. The van der Waals surface area contributed by atoms with Gasteiger partial charge in [-0.25, -0.2) is 0 Å². The lowest BCUT2D eigenvalue weighted by molar-refractivity contribution is 0.311. The van der Waals surface area contributed by atoms with Gasteiger partial charge in [-0.3, -0.25) is 0 Å². The van der Waals surface area contributed by atoms with E-state index in [0.29, 0.717) is 19.7 Å². The summed E-state index contributed by atoms with van der Waals surface area (Å²) in [7, 11) is -3.41. The molecule has 2 aliphatic rings. The van der Waals surface area contributed by atoms with Crippen LogP contribution in [0.2, 0.25) is 0 Å². The van der Waals surface area contributed by atoms with Gasteiger partial charge in [0.1, 0.15) is 12.4 Å². The van der Waals surface area contributed by atoms with Crippen LogP contribution in [-0.4, -0.2) is 32.4 Å². The third-order valence-electron chi connectivity index (χ3n) is 3.65. The van der Waals surface area contributed by atoms with Crippen molar-refractivity contribution in [1.82, 2.24) is 9.03 Å². The van der Waals surface area contributed by atoms with Gasteiger partial charge in [0.25, 0.3) is 10.2 Å². The number of piperidine rings is 1. The average molecular weight is 282 g/mol. The van der Waals surface area contributed by atoms with E-state index < -0.39 is 10.2 Å². The number of hydrogen-bond donors (Lipinski definition) is 1. The molecule has 6 heteroatoms. The molecule has 19 heavy (non-hydrogen) atoms. The summed E-state index contributed by atoms with van der Waals surface area (Å²) < 4.78 is 34.4. The molecule has 0 amide bonds. The number of rotatable bonds is 3. The normalized spacial score (nSPS) is 23.9. The summed E-state index contributed by atoms with van der Waals surface area (Å²) in [5, 5.41) is 0. The van der Waals surface area contributed by atoms with Gasteiger partial charge in [-0.2, -0.15) is 17.4 Å². The molecule has 0 spiro atoms. The molecule has 3 rings (SSSR count). The Hall–Kier alpha value is -1.11. The van der Waals surface area contributed by atoms with E-state index >= 15 is 0 Å². The fourth-order valence-electron chi connectivity index (χ4n) is 2.62. The molecule has 1 saturated heterocycles. The van der Waals surface area contributed by atoms with E-state index in [-0.39, 0.29) is 6.04 Å². The number of para-hydroxylation sites is 1. The predicted molar refractivity (Wildman–Crippen MR) is 72.2 cm³/mol. The number of benzene rings is 1. The van der Waals surface area contributed by atoms with Crippen LogP contribution in [0.5, 0.6) is 5.75 Å². The zero-order valence-electron chi connectivity index (χ0n) is 10.7. The minimum Gasteiger partial charge on any atom is -0.491 e. The van der Waals surface area contributed by atoms with E-state index in [1.807, 2.05) is 24.3 Å². The maximum Gasteiger partial charge on any atom is 0.280 e. The van der Waals surface area contributed by atoms with Crippen LogP contribution in [-0.2, 0) is 10.2 Å². The summed E-state index contributed by atoms with van der Waals surface area (Å²) in [5.41, 5.74) is 0.920. The third kappa shape index (κ3) is 2.61. The third-order valence-corrected chi connectivity index (χ3v) is 5.27. The molecule has 0 saturated carbocycles. The van der Waals surface area contributed by atoms with Crippen LogP contribution in [0.25, 0.3) is 0 Å². The molecular formula is C13H18N2O3S. The van der Waals surface area contributed by atoms with Crippen LogP contribution in [0.1, 0.15) is 30.9 Å². The Morgan fingerprint density at radius 1 is 1.16 bits per heavy atom. The highest BCUT2D eigenvalue weighted by atomic mass is 32.2. The molecule has 0 aliphatic carbocycles. The molecule has 104 valence electrons. The van der Waals surface area contributed by atoms with Crippen molar-refractivity contribution in [3.05, 3.63) is 29.8 Å². The first-order chi connectivity index (χ1) is 9.17. The molecule has 1 aromatic carbocycles. The van der Waals surface area contributed by atoms with Crippen LogP contribution in [0.15, 0.2) is 24.3 Å². The summed E-state index contributed by atoms with van der Waals surface area (Å²) in [5.74, 6) is 0.772. The van der Waals surface area contributed by atoms with Crippen molar-refractivity contribution in [2.45, 2.75) is 25.3 Å². The molecule has 1 aromatic rings. The summed E-state index contributed by atoms with van der Waals surface area (Å²) in [6.07, 6.45) is 3.00. The molecular weight excluding hydrogens is 264 g/mol. The molecule has 1 fully saturated rings. The summed E-state index contributed by atoms with van der Waals surface area (Å²) >= 11 is 0. The minimum absolute atomic E-state index is 0.275. The molecule has 1 atom stereocenters. The Kier molecular flexibility index (Phi) is 3.47. The highest BCUT2D eigenvalue weighted by Crippen LogP contribution is 2.32. The van der Waals surface area contributed by atoms with Crippen LogP contribution in [0.4, 0.5) is 0 Å². The summed E-state index contributed by atoms with van der Waals surface area (Å²) in [6, 6.07) is 7.29. The Balaban J connectivity index is 1.75. The van der Waals surface area contributed by atoms with Crippen LogP contribution < -0.4 is 9.46 Å². The van der Waals surface area contributed by atoms with Crippen LogP contribution in [0, 0.1) is 0 Å². The van der Waals surface area contributed by atoms with E-state index in [4.69, 9.17) is 4.74 Å². The van der Waals surface area contributed by atoms with Crippen molar-refractivity contribution in [2.75, 3.05) is 19.7 Å². The SMILES string of the molecule is O=S(=O)(N[C@H]1COc2ccccc21)N1CCCCC1. The first-order valence-electron chi connectivity index (χ1n) is 6.66. The van der Waals surface area contributed by atoms with E-state index in [2.05, 4.69) is 4.72 Å². The molecule has 1 N–H and O–H groups in total. The second-order valence-electron chi connectivity index (χ2n) is 4.98. The maximum absolute atomic E-state index is 12.3. The molecule has 0 bridgehead atoms. The highest BCUT2D eigenvalue weighted by molar-refractivity contribution is 7.87. The Bertz CT molecular complexity index is 553. The number of fused-ring (bicyclic) bond motifs is 1.